The average Bonchev–Trinajstić information content (AvgIpc) is 2.56. The van der Waals surface area contributed by atoms with Crippen LogP contribution >= 0.6 is 12.2 Å². The molecule has 0 saturated heterocycles. The fourth-order valence-corrected chi connectivity index (χ4v) is 2.58. The van der Waals surface area contributed by atoms with Crippen LogP contribution in [0, 0.1) is 11.3 Å². The second kappa shape index (κ2) is 5.88. The number of benzene rings is 2. The fourth-order valence-electron chi connectivity index (χ4n) is 2.36. The number of nitrogens with one attached hydrogen (secondary N) is 2. The van der Waals surface area contributed by atoms with E-state index in [0.717, 1.165) is 22.6 Å². The Kier molecular flexibility index (Phi) is 3.77. The van der Waals surface area contributed by atoms with E-state index in [1.807, 2.05) is 48.5 Å². The van der Waals surface area contributed by atoms with E-state index in [-0.39, 0.29) is 0 Å². The maximum atomic E-state index is 9.63. The van der Waals surface area contributed by atoms with E-state index in [9.17, 15) is 5.26 Å². The first-order valence-electron chi connectivity index (χ1n) is 6.69. The van der Waals surface area contributed by atoms with Gasteiger partial charge in [0.1, 0.15) is 11.8 Å². The Balaban J connectivity index is 2.17. The van der Waals surface area contributed by atoms with Crippen molar-refractivity contribution in [2.75, 3.05) is 12.4 Å². The minimum atomic E-state index is 0.481. The van der Waals surface area contributed by atoms with Crippen molar-refractivity contribution in [2.45, 2.75) is 0 Å². The number of rotatable bonds is 2. The van der Waals surface area contributed by atoms with Crippen LogP contribution in [0.5, 0.6) is 5.75 Å². The molecule has 4 nitrogen and oxygen atoms in total. The molecule has 1 aliphatic rings. The molecule has 0 aliphatic carbocycles. The second-order valence-corrected chi connectivity index (χ2v) is 5.12. The molecule has 0 fully saturated rings. The summed E-state index contributed by atoms with van der Waals surface area (Å²) in [5, 5.41) is 16.3. The van der Waals surface area contributed by atoms with Gasteiger partial charge in [0.15, 0.2) is 5.11 Å². The first kappa shape index (κ1) is 14.1. The normalized spacial score (nSPS) is 15.0. The van der Waals surface area contributed by atoms with Gasteiger partial charge in [-0.05, 0) is 48.1 Å². The predicted molar refractivity (Wildman–Crippen MR) is 91.2 cm³/mol. The van der Waals surface area contributed by atoms with E-state index < -0.39 is 0 Å². The minimum absolute atomic E-state index is 0.481. The van der Waals surface area contributed by atoms with Gasteiger partial charge in [-0.2, -0.15) is 5.26 Å². The van der Waals surface area contributed by atoms with Crippen LogP contribution in [-0.2, 0) is 0 Å². The lowest BCUT2D eigenvalue weighted by Crippen LogP contribution is -2.32. The average molecular weight is 307 g/mol. The van der Waals surface area contributed by atoms with Gasteiger partial charge >= 0.3 is 0 Å². The Morgan fingerprint density at radius 1 is 1.09 bits per heavy atom. The van der Waals surface area contributed by atoms with Gasteiger partial charge in [-0.25, -0.2) is 0 Å². The number of para-hydroxylation sites is 1. The van der Waals surface area contributed by atoms with E-state index in [0.29, 0.717) is 16.4 Å². The van der Waals surface area contributed by atoms with E-state index in [1.54, 1.807) is 7.11 Å². The molecule has 0 saturated carbocycles. The highest BCUT2D eigenvalue weighted by molar-refractivity contribution is 7.80. The van der Waals surface area contributed by atoms with Gasteiger partial charge in [0.05, 0.1) is 18.4 Å². The number of hydrogen-bond donors (Lipinski definition) is 2. The third-order valence-electron chi connectivity index (χ3n) is 3.42. The molecule has 1 aliphatic heterocycles. The number of nitrogens with zero attached hydrogens (tertiary/aromatic N) is 1. The van der Waals surface area contributed by atoms with Crippen LogP contribution in [0.25, 0.3) is 11.3 Å². The van der Waals surface area contributed by atoms with Crippen molar-refractivity contribution in [1.82, 2.24) is 5.32 Å². The minimum Gasteiger partial charge on any atom is -0.497 e. The van der Waals surface area contributed by atoms with Crippen molar-refractivity contribution in [3.63, 3.8) is 0 Å². The van der Waals surface area contributed by atoms with Gasteiger partial charge in [-0.15, -0.1) is 0 Å². The highest BCUT2D eigenvalue weighted by Crippen LogP contribution is 2.32. The van der Waals surface area contributed by atoms with E-state index >= 15 is 0 Å². The summed E-state index contributed by atoms with van der Waals surface area (Å²) in [5.74, 6) is 0.750. The number of hydrogen-bond acceptors (Lipinski definition) is 3. The van der Waals surface area contributed by atoms with Crippen LogP contribution in [0.2, 0.25) is 0 Å². The zero-order chi connectivity index (χ0) is 15.5. The lowest BCUT2D eigenvalue weighted by atomic mass is 9.98. The highest BCUT2D eigenvalue weighted by atomic mass is 32.1. The standard InChI is InChI=1S/C17H13N3OS/c1-21-12-8-6-11(7-9-12)14(10-18)16-13-4-2-3-5-15(13)19-17(22)20-16/h2-9H,1H3,(H2,19,20,22)/b16-14-. The summed E-state index contributed by atoms with van der Waals surface area (Å²) in [6.07, 6.45) is 0. The van der Waals surface area contributed by atoms with Gasteiger partial charge in [-0.3, -0.25) is 0 Å². The molecule has 0 radical (unpaired) electrons. The molecule has 5 heteroatoms. The molecule has 2 aromatic rings. The monoisotopic (exact) mass is 307 g/mol. The summed E-state index contributed by atoms with van der Waals surface area (Å²) in [4.78, 5) is 0. The van der Waals surface area contributed by atoms with Gasteiger partial charge in [0, 0.05) is 11.3 Å². The fraction of sp³-hybridized carbons (Fsp3) is 0.0588. The van der Waals surface area contributed by atoms with Gasteiger partial charge in [0.2, 0.25) is 0 Å². The number of thiocarbonyl (C=S) groups is 1. The van der Waals surface area contributed by atoms with Gasteiger partial charge < -0.3 is 15.4 Å². The zero-order valence-corrected chi connectivity index (χ0v) is 12.7. The van der Waals surface area contributed by atoms with Crippen molar-refractivity contribution in [3.05, 3.63) is 59.7 Å². The van der Waals surface area contributed by atoms with Crippen molar-refractivity contribution in [3.8, 4) is 11.8 Å². The van der Waals surface area contributed by atoms with Crippen molar-refractivity contribution < 1.29 is 4.74 Å². The van der Waals surface area contributed by atoms with Crippen molar-refractivity contribution >= 4 is 34.3 Å². The molecule has 0 atom stereocenters. The Labute approximate surface area is 134 Å². The molecule has 108 valence electrons. The molecule has 1 heterocycles. The Morgan fingerprint density at radius 3 is 2.50 bits per heavy atom. The molecular formula is C17H13N3OS. The van der Waals surface area contributed by atoms with Crippen LogP contribution in [0.15, 0.2) is 48.5 Å². The van der Waals surface area contributed by atoms with Crippen LogP contribution < -0.4 is 15.4 Å². The SMILES string of the molecule is COc1ccc(/C(C#N)=C2\NC(=S)Nc3ccccc32)cc1. The number of allylic oxidation sites excluding steroid dienone is 1. The molecule has 3 rings (SSSR count). The number of anilines is 1. The molecule has 0 bridgehead atoms. The molecular weight excluding hydrogens is 294 g/mol. The van der Waals surface area contributed by atoms with E-state index in [2.05, 4.69) is 16.7 Å². The molecule has 0 unspecified atom stereocenters. The summed E-state index contributed by atoms with van der Waals surface area (Å²) < 4.78 is 5.16. The number of fused-ring (bicyclic) bond motifs is 1. The Bertz CT molecular complexity index is 803. The van der Waals surface area contributed by atoms with Crippen LogP contribution in [0.1, 0.15) is 11.1 Å². The van der Waals surface area contributed by atoms with Gasteiger partial charge in [0.25, 0.3) is 0 Å². The predicted octanol–water partition coefficient (Wildman–Crippen LogP) is 3.39. The van der Waals surface area contributed by atoms with E-state index in [1.165, 1.54) is 0 Å². The van der Waals surface area contributed by atoms with Gasteiger partial charge in [-0.1, -0.05) is 18.2 Å². The maximum Gasteiger partial charge on any atom is 0.175 e. The van der Waals surface area contributed by atoms with Crippen LogP contribution in [-0.4, -0.2) is 12.2 Å². The third kappa shape index (κ3) is 2.52. The highest BCUT2D eigenvalue weighted by Gasteiger charge is 2.20. The topological polar surface area (TPSA) is 57.1 Å². The van der Waals surface area contributed by atoms with Crippen molar-refractivity contribution in [1.29, 1.82) is 5.26 Å². The molecule has 0 spiro atoms. The number of nitriles is 1. The van der Waals surface area contributed by atoms with E-state index in [4.69, 9.17) is 17.0 Å². The lowest BCUT2D eigenvalue weighted by Gasteiger charge is -2.24. The van der Waals surface area contributed by atoms with Crippen molar-refractivity contribution in [2.24, 2.45) is 0 Å². The summed E-state index contributed by atoms with van der Waals surface area (Å²) in [6.45, 7) is 0. The largest absolute Gasteiger partial charge is 0.497 e. The quantitative estimate of drug-likeness (QED) is 0.658. The molecule has 0 aromatic heterocycles. The Hall–Kier alpha value is -2.84. The molecule has 22 heavy (non-hydrogen) atoms. The maximum absolute atomic E-state index is 9.63. The lowest BCUT2D eigenvalue weighted by molar-refractivity contribution is 0.415. The zero-order valence-electron chi connectivity index (χ0n) is 11.9. The first-order valence-corrected chi connectivity index (χ1v) is 7.10. The summed E-state index contributed by atoms with van der Waals surface area (Å²) >= 11 is 5.23. The summed E-state index contributed by atoms with van der Waals surface area (Å²) in [7, 11) is 1.61. The molecule has 0 amide bonds. The smallest absolute Gasteiger partial charge is 0.175 e. The van der Waals surface area contributed by atoms with Crippen LogP contribution in [0.3, 0.4) is 0 Å². The third-order valence-corrected chi connectivity index (χ3v) is 3.63. The summed E-state index contributed by atoms with van der Waals surface area (Å²) in [5.41, 5.74) is 3.88. The number of ether oxygens (including phenoxy) is 1. The second-order valence-electron chi connectivity index (χ2n) is 4.72. The van der Waals surface area contributed by atoms with Crippen LogP contribution in [0.4, 0.5) is 5.69 Å². The molecule has 2 N–H and O–H groups in total. The first-order chi connectivity index (χ1) is 10.7. The Morgan fingerprint density at radius 2 is 1.82 bits per heavy atom. The summed E-state index contributed by atoms with van der Waals surface area (Å²) in [6, 6.07) is 17.4. The number of methoxy groups -OCH3 is 1. The molecule has 2 aromatic carbocycles.